The van der Waals surface area contributed by atoms with Crippen LogP contribution >= 0.6 is 11.3 Å². The number of aryl methyl sites for hydroxylation is 2. The lowest BCUT2D eigenvalue weighted by Crippen LogP contribution is -2.29. The molecule has 0 radical (unpaired) electrons. The molecule has 0 saturated carbocycles. The number of aromatic nitrogens is 2. The second-order valence-electron chi connectivity index (χ2n) is 7.55. The molecular weight excluding hydrogens is 408 g/mol. The van der Waals surface area contributed by atoms with Crippen LogP contribution in [0, 0.1) is 13.8 Å². The van der Waals surface area contributed by atoms with Crippen molar-refractivity contribution in [2.75, 3.05) is 25.5 Å². The average Bonchev–Trinajstić information content (AvgIpc) is 3.37. The highest BCUT2D eigenvalue weighted by Gasteiger charge is 2.19. The minimum absolute atomic E-state index is 0.424. The number of ether oxygens (including phenoxy) is 1. The van der Waals surface area contributed by atoms with E-state index in [1.165, 1.54) is 4.88 Å². The molecule has 8 heteroatoms. The summed E-state index contributed by atoms with van der Waals surface area (Å²) in [6.45, 7) is 9.95. The first-order chi connectivity index (χ1) is 15.1. The number of hydrogen-bond acceptors (Lipinski definition) is 5. The molecular formula is C23H28N6OS. The predicted octanol–water partition coefficient (Wildman–Crippen LogP) is 4.96. The van der Waals surface area contributed by atoms with Gasteiger partial charge in [-0.15, -0.1) is 11.3 Å². The monoisotopic (exact) mass is 436 g/mol. The van der Waals surface area contributed by atoms with Gasteiger partial charge in [-0.05, 0) is 52.6 Å². The summed E-state index contributed by atoms with van der Waals surface area (Å²) in [5.74, 6) is 1.27. The first-order valence-corrected chi connectivity index (χ1v) is 11.2. The number of hydrogen-bond donors (Lipinski definition) is 2. The smallest absolute Gasteiger partial charge is 0.227 e. The number of rotatable bonds is 5. The lowest BCUT2D eigenvalue weighted by molar-refractivity contribution is 0.343. The maximum Gasteiger partial charge on any atom is 0.227 e. The summed E-state index contributed by atoms with van der Waals surface area (Å²) in [5.41, 5.74) is 3.82. The summed E-state index contributed by atoms with van der Waals surface area (Å²) in [6.07, 6.45) is 5.99. The van der Waals surface area contributed by atoms with Crippen LogP contribution in [-0.2, 0) is 0 Å². The molecule has 1 saturated heterocycles. The van der Waals surface area contributed by atoms with E-state index in [2.05, 4.69) is 47.4 Å². The summed E-state index contributed by atoms with van der Waals surface area (Å²) in [6, 6.07) is 8.43. The highest BCUT2D eigenvalue weighted by molar-refractivity contribution is 7.13. The number of para-hydroxylation sites is 1. The van der Waals surface area contributed by atoms with Crippen LogP contribution < -0.4 is 15.4 Å². The van der Waals surface area contributed by atoms with Gasteiger partial charge in [-0.25, -0.2) is 9.98 Å². The van der Waals surface area contributed by atoms with E-state index in [-0.39, 0.29) is 0 Å². The Labute approximate surface area is 186 Å². The van der Waals surface area contributed by atoms with Gasteiger partial charge in [-0.1, -0.05) is 18.2 Å². The van der Waals surface area contributed by atoms with Gasteiger partial charge in [0.2, 0.25) is 5.96 Å². The fourth-order valence-electron chi connectivity index (χ4n) is 3.99. The van der Waals surface area contributed by atoms with Crippen LogP contribution in [0.15, 0.2) is 46.6 Å². The van der Waals surface area contributed by atoms with E-state index in [1.807, 2.05) is 35.3 Å². The highest BCUT2D eigenvalue weighted by atomic mass is 32.1. The quantitative estimate of drug-likeness (QED) is 0.438. The molecule has 1 aliphatic heterocycles. The molecule has 0 bridgehead atoms. The van der Waals surface area contributed by atoms with E-state index in [9.17, 15) is 0 Å². The molecule has 0 atom stereocenters. The van der Waals surface area contributed by atoms with Gasteiger partial charge < -0.3 is 15.4 Å². The molecule has 162 valence electrons. The molecule has 3 heterocycles. The molecule has 0 amide bonds. The first kappa shape index (κ1) is 21.3. The molecule has 0 unspecified atom stereocenters. The van der Waals surface area contributed by atoms with Crippen molar-refractivity contribution in [2.45, 2.75) is 32.7 Å². The van der Waals surface area contributed by atoms with E-state index >= 15 is 0 Å². The Bertz CT molecular complexity index is 1090. The molecule has 4 rings (SSSR count). The Morgan fingerprint density at radius 2 is 2.03 bits per heavy atom. The van der Waals surface area contributed by atoms with Gasteiger partial charge >= 0.3 is 0 Å². The second-order valence-corrected chi connectivity index (χ2v) is 8.98. The zero-order chi connectivity index (χ0) is 21.8. The maximum absolute atomic E-state index is 5.60. The number of methoxy groups -OCH3 is 1. The van der Waals surface area contributed by atoms with Crippen LogP contribution in [-0.4, -0.2) is 42.7 Å². The van der Waals surface area contributed by atoms with Gasteiger partial charge in [0, 0.05) is 27.1 Å². The number of benzene rings is 1. The molecule has 3 aromatic rings. The summed E-state index contributed by atoms with van der Waals surface area (Å²) in [7, 11) is 1.69. The third-order valence-electron chi connectivity index (χ3n) is 5.51. The first-order valence-electron chi connectivity index (χ1n) is 10.4. The fourth-order valence-corrected chi connectivity index (χ4v) is 5.00. The Morgan fingerprint density at radius 1 is 1.26 bits per heavy atom. The number of aliphatic imine (C=N–C) groups is 2. The van der Waals surface area contributed by atoms with Crippen molar-refractivity contribution in [1.29, 1.82) is 0 Å². The topological polar surface area (TPSA) is 75.8 Å². The molecule has 1 fully saturated rings. The average molecular weight is 437 g/mol. The minimum atomic E-state index is 0.424. The zero-order valence-electron chi connectivity index (χ0n) is 18.2. The van der Waals surface area contributed by atoms with E-state index in [1.54, 1.807) is 18.4 Å². The van der Waals surface area contributed by atoms with Crippen LogP contribution in [0.25, 0.3) is 11.1 Å². The molecule has 7 nitrogen and oxygen atoms in total. The SMILES string of the molecule is C=NC(=Nc1c(C)sc(C)c1-c1ccccc1OC)Nc1cnn(C2CCNCC2)c1. The molecule has 0 aliphatic carbocycles. The number of guanidine groups is 1. The number of thiophene rings is 1. The lowest BCUT2D eigenvalue weighted by Gasteiger charge is -2.22. The van der Waals surface area contributed by atoms with Gasteiger partial charge in [-0.2, -0.15) is 5.10 Å². The number of piperidine rings is 1. The molecule has 2 N–H and O–H groups in total. The largest absolute Gasteiger partial charge is 0.496 e. The fraction of sp³-hybridized carbons (Fsp3) is 0.348. The van der Waals surface area contributed by atoms with Crippen molar-refractivity contribution in [1.82, 2.24) is 15.1 Å². The van der Waals surface area contributed by atoms with E-state index in [0.717, 1.165) is 59.1 Å². The summed E-state index contributed by atoms with van der Waals surface area (Å²) < 4.78 is 7.63. The summed E-state index contributed by atoms with van der Waals surface area (Å²) >= 11 is 1.72. The van der Waals surface area contributed by atoms with Crippen molar-refractivity contribution < 1.29 is 4.74 Å². The van der Waals surface area contributed by atoms with Crippen LogP contribution in [0.3, 0.4) is 0 Å². The van der Waals surface area contributed by atoms with E-state index in [4.69, 9.17) is 9.73 Å². The normalized spacial score (nSPS) is 15.1. The van der Waals surface area contributed by atoms with Gasteiger partial charge in [0.05, 0.1) is 30.7 Å². The van der Waals surface area contributed by atoms with Crippen LogP contribution in [0.1, 0.15) is 28.6 Å². The van der Waals surface area contributed by atoms with Crippen molar-refractivity contribution in [3.63, 3.8) is 0 Å². The number of nitrogens with one attached hydrogen (secondary N) is 2. The van der Waals surface area contributed by atoms with Crippen molar-refractivity contribution >= 4 is 35.4 Å². The zero-order valence-corrected chi connectivity index (χ0v) is 19.0. The standard InChI is InChI=1S/C23H28N6OS/c1-15-21(19-7-5-6-8-20(19)30-4)22(16(2)31-15)28-23(24-3)27-17-13-26-29(14-17)18-9-11-25-12-10-18/h5-8,13-14,18,25H,3,9-12H2,1-2,4H3,(H,27,28). The van der Waals surface area contributed by atoms with Gasteiger partial charge in [-0.3, -0.25) is 4.68 Å². The van der Waals surface area contributed by atoms with E-state index in [0.29, 0.717) is 12.0 Å². The summed E-state index contributed by atoms with van der Waals surface area (Å²) in [4.78, 5) is 11.3. The predicted molar refractivity (Wildman–Crippen MR) is 129 cm³/mol. The Hall–Kier alpha value is -2.97. The van der Waals surface area contributed by atoms with Crippen LogP contribution in [0.5, 0.6) is 5.75 Å². The molecule has 0 spiro atoms. The third-order valence-corrected chi connectivity index (χ3v) is 6.52. The van der Waals surface area contributed by atoms with Gasteiger partial charge in [0.1, 0.15) is 5.75 Å². The highest BCUT2D eigenvalue weighted by Crippen LogP contribution is 2.45. The number of anilines is 1. The molecule has 2 aromatic heterocycles. The Kier molecular flexibility index (Phi) is 6.48. The molecule has 1 aromatic carbocycles. The van der Waals surface area contributed by atoms with Crippen molar-refractivity contribution in [3.05, 3.63) is 46.4 Å². The maximum atomic E-state index is 5.60. The van der Waals surface area contributed by atoms with Gasteiger partial charge in [0.25, 0.3) is 0 Å². The summed E-state index contributed by atoms with van der Waals surface area (Å²) in [5, 5.41) is 11.2. The van der Waals surface area contributed by atoms with E-state index < -0.39 is 0 Å². The molecule has 1 aliphatic rings. The van der Waals surface area contributed by atoms with Crippen molar-refractivity contribution in [3.8, 4) is 16.9 Å². The number of nitrogens with zero attached hydrogens (tertiary/aromatic N) is 4. The van der Waals surface area contributed by atoms with Crippen LogP contribution in [0.2, 0.25) is 0 Å². The van der Waals surface area contributed by atoms with Crippen molar-refractivity contribution in [2.24, 2.45) is 9.98 Å². The molecule has 31 heavy (non-hydrogen) atoms. The van der Waals surface area contributed by atoms with Gasteiger partial charge in [0.15, 0.2) is 0 Å². The van der Waals surface area contributed by atoms with Crippen LogP contribution in [0.4, 0.5) is 11.4 Å². The Morgan fingerprint density at radius 3 is 2.77 bits per heavy atom. The lowest BCUT2D eigenvalue weighted by atomic mass is 10.0. The minimum Gasteiger partial charge on any atom is -0.496 e. The third kappa shape index (κ3) is 4.55. The second kappa shape index (κ2) is 9.45. The Balaban J connectivity index is 1.64.